The number of esters is 1. The fraction of sp³-hybridized carbons (Fsp3) is 0.200. The zero-order chi connectivity index (χ0) is 10.6. The molecule has 0 bridgehead atoms. The van der Waals surface area contributed by atoms with E-state index in [0.717, 1.165) is 0 Å². The lowest BCUT2D eigenvalue weighted by atomic mass is 10.1. The topological polar surface area (TPSA) is 43.4 Å². The lowest BCUT2D eigenvalue weighted by Gasteiger charge is -2.05. The van der Waals surface area contributed by atoms with E-state index in [9.17, 15) is 9.59 Å². The SMILES string of the molecule is CCOC(=O)c1c(Cl)cccc1C=O. The Hall–Kier alpha value is -1.35. The molecular formula is C10H9ClO3. The number of carbonyl (C=O) groups excluding carboxylic acids is 2. The van der Waals surface area contributed by atoms with E-state index in [1.54, 1.807) is 19.1 Å². The molecular weight excluding hydrogens is 204 g/mol. The molecule has 4 heteroatoms. The van der Waals surface area contributed by atoms with Gasteiger partial charge in [-0.2, -0.15) is 0 Å². The van der Waals surface area contributed by atoms with Crippen LogP contribution in [0.4, 0.5) is 0 Å². The van der Waals surface area contributed by atoms with E-state index in [0.29, 0.717) is 6.29 Å². The summed E-state index contributed by atoms with van der Waals surface area (Å²) in [5, 5.41) is 0.230. The Morgan fingerprint density at radius 2 is 2.29 bits per heavy atom. The molecule has 0 radical (unpaired) electrons. The van der Waals surface area contributed by atoms with Gasteiger partial charge in [-0.15, -0.1) is 0 Å². The summed E-state index contributed by atoms with van der Waals surface area (Å²) in [4.78, 5) is 22.0. The standard InChI is InChI=1S/C10H9ClO3/c1-2-14-10(13)9-7(6-12)4-3-5-8(9)11/h3-6H,2H2,1H3. The number of benzene rings is 1. The van der Waals surface area contributed by atoms with Crippen molar-refractivity contribution in [3.05, 3.63) is 34.3 Å². The predicted molar refractivity (Wildman–Crippen MR) is 52.8 cm³/mol. The Balaban J connectivity index is 3.16. The lowest BCUT2D eigenvalue weighted by molar-refractivity contribution is 0.0524. The van der Waals surface area contributed by atoms with E-state index >= 15 is 0 Å². The molecule has 0 unspecified atom stereocenters. The fourth-order valence-electron chi connectivity index (χ4n) is 1.06. The van der Waals surface area contributed by atoms with E-state index < -0.39 is 5.97 Å². The molecule has 0 spiro atoms. The number of ether oxygens (including phenoxy) is 1. The van der Waals surface area contributed by atoms with Crippen LogP contribution >= 0.6 is 11.6 Å². The highest BCUT2D eigenvalue weighted by Crippen LogP contribution is 2.19. The van der Waals surface area contributed by atoms with Gasteiger partial charge in [0, 0.05) is 5.56 Å². The minimum atomic E-state index is -0.569. The van der Waals surface area contributed by atoms with Crippen LogP contribution in [0, 0.1) is 0 Å². The normalized spacial score (nSPS) is 9.57. The van der Waals surface area contributed by atoms with Gasteiger partial charge in [0.05, 0.1) is 17.2 Å². The molecule has 1 rings (SSSR count). The van der Waals surface area contributed by atoms with Gasteiger partial charge in [-0.05, 0) is 13.0 Å². The van der Waals surface area contributed by atoms with Crippen LogP contribution in [-0.4, -0.2) is 18.9 Å². The number of hydrogen-bond acceptors (Lipinski definition) is 3. The first kappa shape index (κ1) is 10.7. The van der Waals surface area contributed by atoms with E-state index in [1.165, 1.54) is 6.07 Å². The lowest BCUT2D eigenvalue weighted by Crippen LogP contribution is -2.08. The Bertz CT molecular complexity index is 360. The third kappa shape index (κ3) is 2.12. The summed E-state index contributed by atoms with van der Waals surface area (Å²) in [6.07, 6.45) is 0.581. The van der Waals surface area contributed by atoms with Gasteiger partial charge in [0.1, 0.15) is 0 Å². The van der Waals surface area contributed by atoms with Gasteiger partial charge in [-0.1, -0.05) is 23.7 Å². The highest BCUT2D eigenvalue weighted by molar-refractivity contribution is 6.34. The molecule has 0 saturated heterocycles. The van der Waals surface area contributed by atoms with Crippen molar-refractivity contribution in [3.63, 3.8) is 0 Å². The maximum absolute atomic E-state index is 11.4. The first-order chi connectivity index (χ1) is 6.70. The zero-order valence-corrected chi connectivity index (χ0v) is 8.38. The van der Waals surface area contributed by atoms with Crippen molar-refractivity contribution >= 4 is 23.9 Å². The van der Waals surface area contributed by atoms with E-state index in [1.807, 2.05) is 0 Å². The summed E-state index contributed by atoms with van der Waals surface area (Å²) < 4.78 is 4.77. The molecule has 0 aliphatic heterocycles. The minimum Gasteiger partial charge on any atom is -0.462 e. The van der Waals surface area contributed by atoms with Crippen LogP contribution in [0.2, 0.25) is 5.02 Å². The van der Waals surface area contributed by atoms with Gasteiger partial charge in [0.2, 0.25) is 0 Å². The number of aldehydes is 1. The second-order valence-electron chi connectivity index (χ2n) is 2.54. The van der Waals surface area contributed by atoms with Crippen molar-refractivity contribution in [1.82, 2.24) is 0 Å². The smallest absolute Gasteiger partial charge is 0.340 e. The van der Waals surface area contributed by atoms with E-state index in [-0.39, 0.29) is 22.8 Å². The largest absolute Gasteiger partial charge is 0.462 e. The Labute approximate surface area is 86.6 Å². The molecule has 0 aliphatic carbocycles. The third-order valence-electron chi connectivity index (χ3n) is 1.65. The molecule has 74 valence electrons. The van der Waals surface area contributed by atoms with Gasteiger partial charge >= 0.3 is 5.97 Å². The fourth-order valence-corrected chi connectivity index (χ4v) is 1.32. The van der Waals surface area contributed by atoms with Crippen molar-refractivity contribution in [2.24, 2.45) is 0 Å². The van der Waals surface area contributed by atoms with Gasteiger partial charge in [0.15, 0.2) is 6.29 Å². The Morgan fingerprint density at radius 3 is 2.86 bits per heavy atom. The van der Waals surface area contributed by atoms with Gasteiger partial charge < -0.3 is 4.74 Å². The molecule has 3 nitrogen and oxygen atoms in total. The molecule has 0 atom stereocenters. The van der Waals surface area contributed by atoms with Crippen molar-refractivity contribution in [2.45, 2.75) is 6.92 Å². The molecule has 0 heterocycles. The van der Waals surface area contributed by atoms with Crippen LogP contribution in [0.3, 0.4) is 0 Å². The molecule has 0 amide bonds. The number of halogens is 1. The van der Waals surface area contributed by atoms with Crippen LogP contribution in [0.15, 0.2) is 18.2 Å². The molecule has 1 aromatic carbocycles. The maximum atomic E-state index is 11.4. The summed E-state index contributed by atoms with van der Waals surface area (Å²) >= 11 is 5.78. The molecule has 0 N–H and O–H groups in total. The first-order valence-corrected chi connectivity index (χ1v) is 4.49. The Morgan fingerprint density at radius 1 is 1.57 bits per heavy atom. The second-order valence-corrected chi connectivity index (χ2v) is 2.95. The summed E-state index contributed by atoms with van der Waals surface area (Å²) in [7, 11) is 0. The highest BCUT2D eigenvalue weighted by Gasteiger charge is 2.15. The first-order valence-electron chi connectivity index (χ1n) is 4.11. The average Bonchev–Trinajstić information content (AvgIpc) is 2.17. The molecule has 0 fully saturated rings. The third-order valence-corrected chi connectivity index (χ3v) is 1.97. The molecule has 1 aromatic rings. The van der Waals surface area contributed by atoms with Crippen LogP contribution in [-0.2, 0) is 4.74 Å². The van der Waals surface area contributed by atoms with Crippen LogP contribution in [0.1, 0.15) is 27.6 Å². The number of rotatable bonds is 3. The maximum Gasteiger partial charge on any atom is 0.340 e. The molecule has 0 aliphatic rings. The van der Waals surface area contributed by atoms with Crippen LogP contribution in [0.25, 0.3) is 0 Å². The predicted octanol–water partition coefficient (Wildman–Crippen LogP) is 2.33. The van der Waals surface area contributed by atoms with Crippen LogP contribution in [0.5, 0.6) is 0 Å². The molecule has 14 heavy (non-hydrogen) atoms. The van der Waals surface area contributed by atoms with Gasteiger partial charge in [-0.3, -0.25) is 4.79 Å². The van der Waals surface area contributed by atoms with E-state index in [4.69, 9.17) is 16.3 Å². The number of hydrogen-bond donors (Lipinski definition) is 0. The zero-order valence-electron chi connectivity index (χ0n) is 7.62. The van der Waals surface area contributed by atoms with Crippen LogP contribution < -0.4 is 0 Å². The highest BCUT2D eigenvalue weighted by atomic mass is 35.5. The van der Waals surface area contributed by atoms with Crippen molar-refractivity contribution in [3.8, 4) is 0 Å². The summed E-state index contributed by atoms with van der Waals surface area (Å²) in [6.45, 7) is 1.94. The quantitative estimate of drug-likeness (QED) is 0.571. The summed E-state index contributed by atoms with van der Waals surface area (Å²) in [6, 6.07) is 4.67. The molecule has 0 aromatic heterocycles. The summed E-state index contributed by atoms with van der Waals surface area (Å²) in [5.41, 5.74) is 0.377. The monoisotopic (exact) mass is 212 g/mol. The number of carbonyl (C=O) groups is 2. The Kier molecular flexibility index (Phi) is 3.65. The van der Waals surface area contributed by atoms with Crippen molar-refractivity contribution < 1.29 is 14.3 Å². The van der Waals surface area contributed by atoms with Crippen molar-refractivity contribution in [1.29, 1.82) is 0 Å². The van der Waals surface area contributed by atoms with Gasteiger partial charge in [-0.25, -0.2) is 4.79 Å². The summed E-state index contributed by atoms with van der Waals surface area (Å²) in [5.74, 6) is -0.569. The van der Waals surface area contributed by atoms with E-state index in [2.05, 4.69) is 0 Å². The average molecular weight is 213 g/mol. The minimum absolute atomic E-state index is 0.131. The second kappa shape index (κ2) is 4.77. The van der Waals surface area contributed by atoms with Crippen molar-refractivity contribution in [2.75, 3.05) is 6.61 Å². The molecule has 0 saturated carbocycles. The van der Waals surface area contributed by atoms with Gasteiger partial charge in [0.25, 0.3) is 0 Å².